The van der Waals surface area contributed by atoms with Crippen LogP contribution in [-0.4, -0.2) is 0 Å². The van der Waals surface area contributed by atoms with Crippen LogP contribution in [0.2, 0.25) is 0 Å². The van der Waals surface area contributed by atoms with E-state index >= 15 is 0 Å². The summed E-state index contributed by atoms with van der Waals surface area (Å²) >= 11 is 0. The lowest BCUT2D eigenvalue weighted by Crippen LogP contribution is -2.22. The van der Waals surface area contributed by atoms with Gasteiger partial charge < -0.3 is 5.32 Å². The fraction of sp³-hybridized carbons (Fsp3) is 0.333. The van der Waals surface area contributed by atoms with E-state index < -0.39 is 0 Å². The van der Waals surface area contributed by atoms with Crippen molar-refractivity contribution in [1.29, 1.82) is 0 Å². The van der Waals surface area contributed by atoms with Crippen LogP contribution in [0.25, 0.3) is 0 Å². The largest absolute Gasteiger partial charge is 0.304 e. The molecule has 2 heteroatoms. The quantitative estimate of drug-likeness (QED) is 0.837. The highest BCUT2D eigenvalue weighted by molar-refractivity contribution is 5.31. The van der Waals surface area contributed by atoms with Gasteiger partial charge in [0.15, 0.2) is 0 Å². The Kier molecular flexibility index (Phi) is 4.56. The van der Waals surface area contributed by atoms with Gasteiger partial charge in [0.25, 0.3) is 0 Å². The fourth-order valence-corrected chi connectivity index (χ4v) is 2.60. The Hall–Kier alpha value is -1.67. The topological polar surface area (TPSA) is 12.0 Å². The third-order valence-corrected chi connectivity index (χ3v) is 3.59. The van der Waals surface area contributed by atoms with Crippen molar-refractivity contribution in [3.8, 4) is 0 Å². The van der Waals surface area contributed by atoms with Gasteiger partial charge in [0.2, 0.25) is 0 Å². The van der Waals surface area contributed by atoms with Gasteiger partial charge in [0.05, 0.1) is 0 Å². The van der Waals surface area contributed by atoms with Gasteiger partial charge in [-0.05, 0) is 51.0 Å². The molecule has 1 N–H and O–H groups in total. The van der Waals surface area contributed by atoms with Crippen molar-refractivity contribution in [2.45, 2.75) is 39.8 Å². The lowest BCUT2D eigenvalue weighted by Gasteiger charge is -2.21. The number of aryl methyl sites for hydroxylation is 2. The lowest BCUT2D eigenvalue weighted by molar-refractivity contribution is 0.491. The van der Waals surface area contributed by atoms with Crippen LogP contribution in [0.4, 0.5) is 4.39 Å². The van der Waals surface area contributed by atoms with Crippen LogP contribution < -0.4 is 5.32 Å². The molecule has 2 rings (SSSR count). The summed E-state index contributed by atoms with van der Waals surface area (Å²) in [6.45, 7) is 8.43. The molecule has 0 aliphatic heterocycles. The van der Waals surface area contributed by atoms with Crippen molar-refractivity contribution in [3.05, 3.63) is 70.5 Å². The molecule has 0 saturated carbocycles. The minimum absolute atomic E-state index is 0.113. The Balaban J connectivity index is 2.12. The second kappa shape index (κ2) is 6.19. The molecule has 2 atom stereocenters. The summed E-state index contributed by atoms with van der Waals surface area (Å²) in [5.41, 5.74) is 4.78. The highest BCUT2D eigenvalue weighted by atomic mass is 19.1. The number of nitrogens with one attached hydrogen (secondary N) is 1. The maximum absolute atomic E-state index is 13.3. The van der Waals surface area contributed by atoms with Gasteiger partial charge in [0, 0.05) is 12.1 Å². The second-order valence-electron chi connectivity index (χ2n) is 5.59. The Morgan fingerprint density at radius 3 is 2.05 bits per heavy atom. The first kappa shape index (κ1) is 14.7. The first-order valence-electron chi connectivity index (χ1n) is 7.05. The van der Waals surface area contributed by atoms with Gasteiger partial charge in [0.1, 0.15) is 5.82 Å². The summed E-state index contributed by atoms with van der Waals surface area (Å²) in [6.07, 6.45) is 0. The number of benzene rings is 2. The SMILES string of the molecule is Cc1cc(C)cc(C(C)N[C@H](C)c2cccc(F)c2)c1. The van der Waals surface area contributed by atoms with Crippen molar-refractivity contribution in [2.75, 3.05) is 0 Å². The van der Waals surface area contributed by atoms with Crippen LogP contribution in [0.3, 0.4) is 0 Å². The van der Waals surface area contributed by atoms with Gasteiger partial charge in [-0.3, -0.25) is 0 Å². The van der Waals surface area contributed by atoms with Crippen LogP contribution in [0.15, 0.2) is 42.5 Å². The van der Waals surface area contributed by atoms with E-state index in [1.165, 1.54) is 22.8 Å². The maximum atomic E-state index is 13.3. The molecule has 0 heterocycles. The number of hydrogen-bond donors (Lipinski definition) is 1. The molecular weight excluding hydrogens is 249 g/mol. The summed E-state index contributed by atoms with van der Waals surface area (Å²) in [7, 11) is 0. The van der Waals surface area contributed by atoms with E-state index in [9.17, 15) is 4.39 Å². The molecular formula is C18H22FN. The number of hydrogen-bond acceptors (Lipinski definition) is 1. The van der Waals surface area contributed by atoms with Crippen molar-refractivity contribution in [3.63, 3.8) is 0 Å². The third-order valence-electron chi connectivity index (χ3n) is 3.59. The lowest BCUT2D eigenvalue weighted by atomic mass is 10.0. The summed E-state index contributed by atoms with van der Waals surface area (Å²) in [6, 6.07) is 13.7. The average Bonchev–Trinajstić information content (AvgIpc) is 2.37. The van der Waals surface area contributed by atoms with E-state index in [0.29, 0.717) is 0 Å². The van der Waals surface area contributed by atoms with Crippen molar-refractivity contribution < 1.29 is 4.39 Å². The van der Waals surface area contributed by atoms with Crippen molar-refractivity contribution >= 4 is 0 Å². The molecule has 106 valence electrons. The highest BCUT2D eigenvalue weighted by Gasteiger charge is 2.12. The zero-order valence-electron chi connectivity index (χ0n) is 12.6. The normalized spacial score (nSPS) is 14.1. The fourth-order valence-electron chi connectivity index (χ4n) is 2.60. The predicted molar refractivity (Wildman–Crippen MR) is 82.3 cm³/mol. The van der Waals surface area contributed by atoms with E-state index in [4.69, 9.17) is 0 Å². The third kappa shape index (κ3) is 3.67. The first-order chi connectivity index (χ1) is 9.45. The summed E-state index contributed by atoms with van der Waals surface area (Å²) < 4.78 is 13.3. The Bertz CT molecular complexity index is 571. The van der Waals surface area contributed by atoms with E-state index in [2.05, 4.69) is 51.2 Å². The zero-order valence-corrected chi connectivity index (χ0v) is 12.6. The molecule has 1 unspecified atom stereocenters. The Morgan fingerprint density at radius 1 is 0.850 bits per heavy atom. The molecule has 0 aliphatic rings. The number of rotatable bonds is 4. The van der Waals surface area contributed by atoms with Crippen molar-refractivity contribution in [2.24, 2.45) is 0 Å². The van der Waals surface area contributed by atoms with Gasteiger partial charge in [-0.1, -0.05) is 41.5 Å². The summed E-state index contributed by atoms with van der Waals surface area (Å²) in [5.74, 6) is -0.185. The molecule has 1 nitrogen and oxygen atoms in total. The smallest absolute Gasteiger partial charge is 0.123 e. The Morgan fingerprint density at radius 2 is 1.45 bits per heavy atom. The van der Waals surface area contributed by atoms with Gasteiger partial charge in [-0.15, -0.1) is 0 Å². The molecule has 0 saturated heterocycles. The van der Waals surface area contributed by atoms with Gasteiger partial charge in [-0.25, -0.2) is 4.39 Å². The van der Waals surface area contributed by atoms with Crippen LogP contribution in [0.5, 0.6) is 0 Å². The first-order valence-corrected chi connectivity index (χ1v) is 7.05. The molecule has 0 bridgehead atoms. The minimum Gasteiger partial charge on any atom is -0.304 e. The molecule has 2 aromatic rings. The monoisotopic (exact) mass is 271 g/mol. The van der Waals surface area contributed by atoms with Crippen LogP contribution in [0.1, 0.15) is 48.2 Å². The zero-order chi connectivity index (χ0) is 14.7. The average molecular weight is 271 g/mol. The molecule has 0 amide bonds. The maximum Gasteiger partial charge on any atom is 0.123 e. The highest BCUT2D eigenvalue weighted by Crippen LogP contribution is 2.21. The van der Waals surface area contributed by atoms with Crippen molar-refractivity contribution in [1.82, 2.24) is 5.32 Å². The molecule has 0 aliphatic carbocycles. The van der Waals surface area contributed by atoms with E-state index in [0.717, 1.165) is 5.56 Å². The second-order valence-corrected chi connectivity index (χ2v) is 5.59. The molecule has 0 spiro atoms. The molecule has 0 fully saturated rings. The Labute approximate surface area is 120 Å². The van der Waals surface area contributed by atoms with E-state index in [1.807, 2.05) is 6.07 Å². The molecule has 2 aromatic carbocycles. The molecule has 20 heavy (non-hydrogen) atoms. The summed E-state index contributed by atoms with van der Waals surface area (Å²) in [5, 5.41) is 3.53. The van der Waals surface area contributed by atoms with Crippen LogP contribution in [0, 0.1) is 19.7 Å². The molecule has 0 aromatic heterocycles. The predicted octanol–water partition coefficient (Wildman–Crippen LogP) is 4.85. The van der Waals surface area contributed by atoms with Crippen LogP contribution in [-0.2, 0) is 0 Å². The minimum atomic E-state index is -0.185. The summed E-state index contributed by atoms with van der Waals surface area (Å²) in [4.78, 5) is 0. The van der Waals surface area contributed by atoms with E-state index in [1.54, 1.807) is 12.1 Å². The van der Waals surface area contributed by atoms with Gasteiger partial charge >= 0.3 is 0 Å². The standard InChI is InChI=1S/C18H22FN/c1-12-8-13(2)10-17(9-12)15(4)20-14(3)16-6-5-7-18(19)11-16/h5-11,14-15,20H,1-4H3/t14-,15?/m1/s1. The van der Waals surface area contributed by atoms with Crippen LogP contribution >= 0.6 is 0 Å². The molecule has 0 radical (unpaired) electrons. The van der Waals surface area contributed by atoms with Gasteiger partial charge in [-0.2, -0.15) is 0 Å². The number of halogens is 1. The van der Waals surface area contributed by atoms with E-state index in [-0.39, 0.29) is 17.9 Å².